The highest BCUT2D eigenvalue weighted by atomic mass is 16.4. The molecular formula is C14H23N3O3. The second kappa shape index (κ2) is 7.07. The van der Waals surface area contributed by atoms with Crippen LogP contribution in [0.4, 0.5) is 0 Å². The van der Waals surface area contributed by atoms with Gasteiger partial charge in [0, 0.05) is 7.05 Å². The van der Waals surface area contributed by atoms with Crippen molar-refractivity contribution in [2.24, 2.45) is 7.05 Å². The first-order chi connectivity index (χ1) is 9.36. The minimum Gasteiger partial charge on any atom is -0.480 e. The summed E-state index contributed by atoms with van der Waals surface area (Å²) in [5, 5.41) is 15.9. The molecule has 0 fully saturated rings. The van der Waals surface area contributed by atoms with Crippen LogP contribution >= 0.6 is 0 Å². The predicted octanol–water partition coefficient (Wildman–Crippen LogP) is 1.92. The predicted molar refractivity (Wildman–Crippen MR) is 75.7 cm³/mol. The molecular weight excluding hydrogens is 258 g/mol. The van der Waals surface area contributed by atoms with Crippen LogP contribution in [0.1, 0.15) is 62.1 Å². The van der Waals surface area contributed by atoms with Gasteiger partial charge < -0.3 is 10.4 Å². The van der Waals surface area contributed by atoms with Crippen LogP contribution in [0.5, 0.6) is 0 Å². The lowest BCUT2D eigenvalue weighted by atomic mass is 10.1. The van der Waals surface area contributed by atoms with Crippen LogP contribution in [0.3, 0.4) is 0 Å². The number of carboxylic acids is 1. The topological polar surface area (TPSA) is 84.2 Å². The van der Waals surface area contributed by atoms with Gasteiger partial charge in [-0.05, 0) is 18.4 Å². The molecule has 1 aromatic heterocycles. The lowest BCUT2D eigenvalue weighted by molar-refractivity contribution is -0.139. The normalized spacial score (nSPS) is 12.4. The maximum atomic E-state index is 12.1. The van der Waals surface area contributed by atoms with Gasteiger partial charge in [0.05, 0.1) is 5.69 Å². The molecule has 6 nitrogen and oxygen atoms in total. The zero-order chi connectivity index (χ0) is 15.3. The smallest absolute Gasteiger partial charge is 0.326 e. The van der Waals surface area contributed by atoms with Gasteiger partial charge in [0.15, 0.2) is 0 Å². The second-order valence-electron chi connectivity index (χ2n) is 5.24. The van der Waals surface area contributed by atoms with Gasteiger partial charge in [0.1, 0.15) is 11.7 Å². The molecule has 6 heteroatoms. The van der Waals surface area contributed by atoms with Crippen LogP contribution in [-0.2, 0) is 11.8 Å². The summed E-state index contributed by atoms with van der Waals surface area (Å²) < 4.78 is 1.49. The minimum atomic E-state index is -1.00. The maximum Gasteiger partial charge on any atom is 0.326 e. The van der Waals surface area contributed by atoms with E-state index in [9.17, 15) is 9.59 Å². The van der Waals surface area contributed by atoms with Crippen LogP contribution in [-0.4, -0.2) is 32.8 Å². The fourth-order valence-corrected chi connectivity index (χ4v) is 1.88. The Labute approximate surface area is 119 Å². The number of carbonyl (C=O) groups excluding carboxylic acids is 1. The van der Waals surface area contributed by atoms with Crippen molar-refractivity contribution in [2.45, 2.75) is 52.0 Å². The third-order valence-electron chi connectivity index (χ3n) is 3.17. The van der Waals surface area contributed by atoms with E-state index in [4.69, 9.17) is 5.11 Å². The Hall–Kier alpha value is -1.85. The molecule has 1 amide bonds. The van der Waals surface area contributed by atoms with Crippen molar-refractivity contribution < 1.29 is 14.7 Å². The van der Waals surface area contributed by atoms with Crippen LogP contribution in [0, 0.1) is 0 Å². The van der Waals surface area contributed by atoms with Gasteiger partial charge in [-0.1, -0.05) is 33.6 Å². The number of unbranched alkanes of at least 4 members (excludes halogenated alkanes) is 1. The molecule has 1 atom stereocenters. The lowest BCUT2D eigenvalue weighted by Crippen LogP contribution is -2.41. The van der Waals surface area contributed by atoms with Crippen molar-refractivity contribution >= 4 is 11.9 Å². The molecule has 0 aliphatic carbocycles. The zero-order valence-electron chi connectivity index (χ0n) is 12.5. The first-order valence-electron chi connectivity index (χ1n) is 6.94. The summed E-state index contributed by atoms with van der Waals surface area (Å²) in [6.45, 7) is 5.97. The van der Waals surface area contributed by atoms with Crippen molar-refractivity contribution in [1.82, 2.24) is 15.1 Å². The number of aliphatic carboxylic acids is 1. The molecule has 0 aliphatic rings. The Morgan fingerprint density at radius 3 is 2.55 bits per heavy atom. The quantitative estimate of drug-likeness (QED) is 0.799. The SMILES string of the molecule is CCCCC(NC(=O)c1cc(C(C)C)nn1C)C(=O)O. The Bertz CT molecular complexity index is 480. The molecule has 0 radical (unpaired) electrons. The van der Waals surface area contributed by atoms with E-state index in [0.717, 1.165) is 18.5 Å². The Kier molecular flexibility index (Phi) is 5.73. The highest BCUT2D eigenvalue weighted by Gasteiger charge is 2.22. The zero-order valence-corrected chi connectivity index (χ0v) is 12.5. The van der Waals surface area contributed by atoms with Gasteiger partial charge in [-0.15, -0.1) is 0 Å². The molecule has 1 heterocycles. The van der Waals surface area contributed by atoms with E-state index in [2.05, 4.69) is 10.4 Å². The summed E-state index contributed by atoms with van der Waals surface area (Å²) in [6.07, 6.45) is 2.09. The number of carboxylic acid groups (broad SMARTS) is 1. The van der Waals surface area contributed by atoms with Gasteiger partial charge in [0.25, 0.3) is 5.91 Å². The maximum absolute atomic E-state index is 12.1. The molecule has 20 heavy (non-hydrogen) atoms. The molecule has 0 bridgehead atoms. The first-order valence-corrected chi connectivity index (χ1v) is 6.94. The van der Waals surface area contributed by atoms with E-state index in [0.29, 0.717) is 12.1 Å². The van der Waals surface area contributed by atoms with E-state index in [1.807, 2.05) is 20.8 Å². The lowest BCUT2D eigenvalue weighted by Gasteiger charge is -2.13. The molecule has 112 valence electrons. The summed E-state index contributed by atoms with van der Waals surface area (Å²) in [7, 11) is 1.68. The minimum absolute atomic E-state index is 0.220. The number of nitrogens with zero attached hydrogens (tertiary/aromatic N) is 2. The largest absolute Gasteiger partial charge is 0.480 e. The molecule has 0 aliphatic heterocycles. The molecule has 2 N–H and O–H groups in total. The van der Waals surface area contributed by atoms with Gasteiger partial charge in [-0.2, -0.15) is 5.10 Å². The molecule has 1 rings (SSSR count). The summed E-state index contributed by atoms with van der Waals surface area (Å²) >= 11 is 0. The fraction of sp³-hybridized carbons (Fsp3) is 0.643. The number of aromatic nitrogens is 2. The van der Waals surface area contributed by atoms with E-state index < -0.39 is 17.9 Å². The van der Waals surface area contributed by atoms with Crippen LogP contribution < -0.4 is 5.32 Å². The highest BCUT2D eigenvalue weighted by molar-refractivity contribution is 5.95. The Morgan fingerprint density at radius 2 is 2.10 bits per heavy atom. The molecule has 1 unspecified atom stereocenters. The van der Waals surface area contributed by atoms with Gasteiger partial charge in [-0.25, -0.2) is 4.79 Å². The van der Waals surface area contributed by atoms with E-state index in [1.165, 1.54) is 4.68 Å². The first kappa shape index (κ1) is 16.2. The summed E-state index contributed by atoms with van der Waals surface area (Å²) in [5.74, 6) is -1.17. The number of rotatable bonds is 7. The fourth-order valence-electron chi connectivity index (χ4n) is 1.88. The molecule has 1 aromatic rings. The van der Waals surface area contributed by atoms with Crippen molar-refractivity contribution in [1.29, 1.82) is 0 Å². The van der Waals surface area contributed by atoms with Crippen molar-refractivity contribution in [3.05, 3.63) is 17.5 Å². The highest BCUT2D eigenvalue weighted by Crippen LogP contribution is 2.14. The van der Waals surface area contributed by atoms with E-state index in [-0.39, 0.29) is 5.92 Å². The standard InChI is InChI=1S/C14H23N3O3/c1-5-6-7-10(14(19)20)15-13(18)12-8-11(9(2)3)16-17(12)4/h8-10H,5-7H2,1-4H3,(H,15,18)(H,19,20). The van der Waals surface area contributed by atoms with Crippen molar-refractivity contribution in [3.8, 4) is 0 Å². The molecule has 0 aromatic carbocycles. The number of hydrogen-bond donors (Lipinski definition) is 2. The number of carbonyl (C=O) groups is 2. The molecule has 0 saturated heterocycles. The molecule has 0 spiro atoms. The average Bonchev–Trinajstić information content (AvgIpc) is 2.76. The van der Waals surface area contributed by atoms with E-state index >= 15 is 0 Å². The van der Waals surface area contributed by atoms with Gasteiger partial charge in [0.2, 0.25) is 0 Å². The summed E-state index contributed by atoms with van der Waals surface area (Å²) in [4.78, 5) is 23.3. The van der Waals surface area contributed by atoms with Crippen LogP contribution in [0.15, 0.2) is 6.07 Å². The van der Waals surface area contributed by atoms with Crippen molar-refractivity contribution in [3.63, 3.8) is 0 Å². The van der Waals surface area contributed by atoms with E-state index in [1.54, 1.807) is 13.1 Å². The average molecular weight is 281 g/mol. The number of aryl methyl sites for hydroxylation is 1. The summed E-state index contributed by atoms with van der Waals surface area (Å²) in [5.41, 5.74) is 1.20. The molecule has 0 saturated carbocycles. The van der Waals surface area contributed by atoms with Gasteiger partial charge >= 0.3 is 5.97 Å². The Morgan fingerprint density at radius 1 is 1.45 bits per heavy atom. The van der Waals surface area contributed by atoms with Crippen LogP contribution in [0.2, 0.25) is 0 Å². The van der Waals surface area contributed by atoms with Gasteiger partial charge in [-0.3, -0.25) is 9.48 Å². The third kappa shape index (κ3) is 4.08. The van der Waals surface area contributed by atoms with Crippen LogP contribution in [0.25, 0.3) is 0 Å². The Balaban J connectivity index is 2.80. The number of hydrogen-bond acceptors (Lipinski definition) is 3. The number of amides is 1. The number of nitrogens with one attached hydrogen (secondary N) is 1. The summed E-state index contributed by atoms with van der Waals surface area (Å²) in [6, 6.07) is 0.860. The monoisotopic (exact) mass is 281 g/mol. The third-order valence-corrected chi connectivity index (χ3v) is 3.17. The van der Waals surface area contributed by atoms with Crippen molar-refractivity contribution in [2.75, 3.05) is 0 Å². The second-order valence-corrected chi connectivity index (χ2v) is 5.24.